The minimum atomic E-state index is -0.0282. The van der Waals surface area contributed by atoms with Crippen LogP contribution in [0.15, 0.2) is 46.2 Å². The van der Waals surface area contributed by atoms with Crippen LogP contribution in [-0.4, -0.2) is 32.8 Å². The third-order valence-corrected chi connectivity index (χ3v) is 5.05. The van der Waals surface area contributed by atoms with Crippen LogP contribution in [0.2, 0.25) is 0 Å². The normalized spacial score (nSPS) is 11.2. The van der Waals surface area contributed by atoms with E-state index in [1.807, 2.05) is 48.7 Å². The van der Waals surface area contributed by atoms with Crippen LogP contribution in [0, 0.1) is 6.92 Å². The second kappa shape index (κ2) is 6.76. The number of para-hydroxylation sites is 2. The Morgan fingerprint density at radius 3 is 2.85 bits per heavy atom. The fourth-order valence-electron chi connectivity index (χ4n) is 2.77. The number of amides is 1. The standard InChI is InChI=1S/C19H18N4O2S/c1-12-15(22-19(25-12)16-8-5-9-26-16)10-18(24)23(2)11-17-20-13-6-3-4-7-14(13)21-17/h3-9H,10-11H2,1-2H3,(H,20,21). The van der Waals surface area contributed by atoms with Crippen LogP contribution in [0.1, 0.15) is 17.3 Å². The third kappa shape index (κ3) is 3.25. The number of carbonyl (C=O) groups is 1. The lowest BCUT2D eigenvalue weighted by atomic mass is 10.2. The van der Waals surface area contributed by atoms with Crippen molar-refractivity contribution in [1.82, 2.24) is 19.9 Å². The highest BCUT2D eigenvalue weighted by molar-refractivity contribution is 7.13. The first-order valence-corrected chi connectivity index (χ1v) is 9.16. The van der Waals surface area contributed by atoms with Gasteiger partial charge in [-0.2, -0.15) is 0 Å². The number of aryl methyl sites for hydroxylation is 1. The maximum atomic E-state index is 12.6. The number of aromatic nitrogens is 3. The molecule has 0 aliphatic rings. The van der Waals surface area contributed by atoms with Gasteiger partial charge in [-0.05, 0) is 30.5 Å². The zero-order valence-electron chi connectivity index (χ0n) is 14.5. The first-order valence-electron chi connectivity index (χ1n) is 8.28. The maximum absolute atomic E-state index is 12.6. The molecule has 0 spiro atoms. The molecular weight excluding hydrogens is 348 g/mol. The number of benzene rings is 1. The molecule has 6 nitrogen and oxygen atoms in total. The van der Waals surface area contributed by atoms with Gasteiger partial charge in [0.25, 0.3) is 0 Å². The molecule has 1 N–H and O–H groups in total. The Labute approximate surface area is 154 Å². The molecule has 0 saturated heterocycles. The number of likely N-dealkylation sites (N-methyl/N-ethyl adjacent to an activating group) is 1. The van der Waals surface area contributed by atoms with Crippen molar-refractivity contribution in [2.24, 2.45) is 0 Å². The average Bonchev–Trinajstić information content (AvgIpc) is 3.34. The highest BCUT2D eigenvalue weighted by Crippen LogP contribution is 2.26. The summed E-state index contributed by atoms with van der Waals surface area (Å²) in [6, 6.07) is 11.7. The summed E-state index contributed by atoms with van der Waals surface area (Å²) in [7, 11) is 1.77. The highest BCUT2D eigenvalue weighted by Gasteiger charge is 2.18. The van der Waals surface area contributed by atoms with E-state index in [0.29, 0.717) is 23.9 Å². The number of hydrogen-bond donors (Lipinski definition) is 1. The van der Waals surface area contributed by atoms with Gasteiger partial charge in [-0.1, -0.05) is 18.2 Å². The first-order chi connectivity index (χ1) is 12.6. The van der Waals surface area contributed by atoms with Crippen molar-refractivity contribution in [2.75, 3.05) is 7.05 Å². The molecule has 7 heteroatoms. The van der Waals surface area contributed by atoms with Gasteiger partial charge in [0.05, 0.1) is 34.6 Å². The van der Waals surface area contributed by atoms with E-state index in [1.165, 1.54) is 0 Å². The number of aromatic amines is 1. The fourth-order valence-corrected chi connectivity index (χ4v) is 3.42. The Morgan fingerprint density at radius 2 is 2.08 bits per heavy atom. The second-order valence-electron chi connectivity index (χ2n) is 6.13. The van der Waals surface area contributed by atoms with Crippen molar-refractivity contribution < 1.29 is 9.21 Å². The molecule has 0 atom stereocenters. The summed E-state index contributed by atoms with van der Waals surface area (Å²) in [5, 5.41) is 1.97. The molecule has 0 aliphatic heterocycles. The number of imidazole rings is 1. The molecule has 132 valence electrons. The van der Waals surface area contributed by atoms with Crippen LogP contribution in [0.3, 0.4) is 0 Å². The van der Waals surface area contributed by atoms with Gasteiger partial charge in [0, 0.05) is 7.05 Å². The lowest BCUT2D eigenvalue weighted by Crippen LogP contribution is -2.28. The Balaban J connectivity index is 1.45. The van der Waals surface area contributed by atoms with Crippen LogP contribution in [-0.2, 0) is 17.8 Å². The molecule has 0 fully saturated rings. The molecule has 0 aliphatic carbocycles. The van der Waals surface area contributed by atoms with E-state index in [9.17, 15) is 4.79 Å². The monoisotopic (exact) mass is 366 g/mol. The van der Waals surface area contributed by atoms with Crippen LogP contribution < -0.4 is 0 Å². The van der Waals surface area contributed by atoms with Crippen molar-refractivity contribution in [2.45, 2.75) is 19.9 Å². The van der Waals surface area contributed by atoms with Crippen molar-refractivity contribution in [3.8, 4) is 10.8 Å². The molecule has 3 heterocycles. The number of thiophene rings is 1. The molecule has 0 saturated carbocycles. The predicted molar refractivity (Wildman–Crippen MR) is 101 cm³/mol. The molecule has 4 rings (SSSR count). The fraction of sp³-hybridized carbons (Fsp3) is 0.211. The number of rotatable bonds is 5. The van der Waals surface area contributed by atoms with Crippen molar-refractivity contribution >= 4 is 28.3 Å². The van der Waals surface area contributed by atoms with Crippen LogP contribution in [0.25, 0.3) is 21.8 Å². The quantitative estimate of drug-likeness (QED) is 0.583. The van der Waals surface area contributed by atoms with Gasteiger partial charge in [-0.3, -0.25) is 4.79 Å². The number of oxazole rings is 1. The Morgan fingerprint density at radius 1 is 1.23 bits per heavy atom. The molecule has 0 radical (unpaired) electrons. The summed E-state index contributed by atoms with van der Waals surface area (Å²) >= 11 is 1.56. The molecule has 3 aromatic heterocycles. The average molecular weight is 366 g/mol. The van der Waals surface area contributed by atoms with Gasteiger partial charge in [0.15, 0.2) is 0 Å². The van der Waals surface area contributed by atoms with Gasteiger partial charge in [-0.15, -0.1) is 11.3 Å². The molecule has 4 aromatic rings. The van der Waals surface area contributed by atoms with E-state index in [1.54, 1.807) is 23.3 Å². The minimum absolute atomic E-state index is 0.0282. The van der Waals surface area contributed by atoms with E-state index >= 15 is 0 Å². The van der Waals surface area contributed by atoms with Crippen LogP contribution in [0.4, 0.5) is 0 Å². The van der Waals surface area contributed by atoms with E-state index in [-0.39, 0.29) is 12.3 Å². The lowest BCUT2D eigenvalue weighted by molar-refractivity contribution is -0.129. The Kier molecular flexibility index (Phi) is 4.30. The Hall–Kier alpha value is -2.93. The van der Waals surface area contributed by atoms with Gasteiger partial charge < -0.3 is 14.3 Å². The van der Waals surface area contributed by atoms with E-state index in [2.05, 4.69) is 15.0 Å². The van der Waals surface area contributed by atoms with Crippen molar-refractivity contribution in [3.05, 3.63) is 59.1 Å². The smallest absolute Gasteiger partial charge is 0.236 e. The third-order valence-electron chi connectivity index (χ3n) is 4.19. The SMILES string of the molecule is Cc1oc(-c2cccs2)nc1CC(=O)N(C)Cc1nc2ccccc2[nH]1. The second-order valence-corrected chi connectivity index (χ2v) is 7.07. The minimum Gasteiger partial charge on any atom is -0.440 e. The molecule has 1 amide bonds. The summed E-state index contributed by atoms with van der Waals surface area (Å²) in [5.41, 5.74) is 2.54. The zero-order chi connectivity index (χ0) is 18.1. The van der Waals surface area contributed by atoms with Crippen molar-refractivity contribution in [1.29, 1.82) is 0 Å². The zero-order valence-corrected chi connectivity index (χ0v) is 15.3. The molecular formula is C19H18N4O2S. The number of H-pyrrole nitrogens is 1. The largest absolute Gasteiger partial charge is 0.440 e. The maximum Gasteiger partial charge on any atom is 0.236 e. The summed E-state index contributed by atoms with van der Waals surface area (Å²) in [6.07, 6.45) is 0.206. The summed E-state index contributed by atoms with van der Waals surface area (Å²) in [5.74, 6) is 1.98. The number of carbonyl (C=O) groups excluding carboxylic acids is 1. The van der Waals surface area contributed by atoms with E-state index in [4.69, 9.17) is 4.42 Å². The van der Waals surface area contributed by atoms with Gasteiger partial charge in [0.2, 0.25) is 11.8 Å². The number of fused-ring (bicyclic) bond motifs is 1. The van der Waals surface area contributed by atoms with Gasteiger partial charge in [0.1, 0.15) is 11.6 Å². The van der Waals surface area contributed by atoms with Gasteiger partial charge >= 0.3 is 0 Å². The summed E-state index contributed by atoms with van der Waals surface area (Å²) in [4.78, 5) is 27.4. The van der Waals surface area contributed by atoms with E-state index in [0.717, 1.165) is 21.7 Å². The van der Waals surface area contributed by atoms with Crippen molar-refractivity contribution in [3.63, 3.8) is 0 Å². The van der Waals surface area contributed by atoms with Gasteiger partial charge in [-0.25, -0.2) is 9.97 Å². The highest BCUT2D eigenvalue weighted by atomic mass is 32.1. The molecule has 1 aromatic carbocycles. The number of nitrogens with zero attached hydrogens (tertiary/aromatic N) is 3. The molecule has 0 bridgehead atoms. The lowest BCUT2D eigenvalue weighted by Gasteiger charge is -2.15. The molecule has 26 heavy (non-hydrogen) atoms. The Bertz CT molecular complexity index is 1020. The predicted octanol–water partition coefficient (Wildman–Crippen LogP) is 3.79. The first kappa shape index (κ1) is 16.5. The van der Waals surface area contributed by atoms with Crippen LogP contribution in [0.5, 0.6) is 0 Å². The molecule has 0 unspecified atom stereocenters. The van der Waals surface area contributed by atoms with E-state index < -0.39 is 0 Å². The summed E-state index contributed by atoms with van der Waals surface area (Å²) < 4.78 is 5.71. The summed E-state index contributed by atoms with van der Waals surface area (Å²) in [6.45, 7) is 2.26. The topological polar surface area (TPSA) is 75.0 Å². The van der Waals surface area contributed by atoms with Crippen LogP contribution >= 0.6 is 11.3 Å². The number of nitrogens with one attached hydrogen (secondary N) is 1. The number of hydrogen-bond acceptors (Lipinski definition) is 5.